The number of carbonyl (C=O) groups excluding carboxylic acids is 1. The van der Waals surface area contributed by atoms with Crippen molar-refractivity contribution in [2.75, 3.05) is 12.3 Å². The molecule has 0 aliphatic heterocycles. The first-order valence-electron chi connectivity index (χ1n) is 4.14. The number of nitrogens with one attached hydrogen (secondary N) is 1. The molecule has 0 unspecified atom stereocenters. The quantitative estimate of drug-likeness (QED) is 0.708. The fourth-order valence-corrected chi connectivity index (χ4v) is 0.877. The van der Waals surface area contributed by atoms with Crippen molar-refractivity contribution < 1.29 is 13.9 Å². The number of carbonyl (C=O) groups is 1. The molecule has 0 saturated heterocycles. The average molecular weight is 198 g/mol. The second-order valence-corrected chi connectivity index (χ2v) is 2.60. The van der Waals surface area contributed by atoms with E-state index in [1.807, 2.05) is 0 Å². The van der Waals surface area contributed by atoms with Gasteiger partial charge in [0.05, 0.1) is 5.69 Å². The van der Waals surface area contributed by atoms with E-state index < -0.39 is 11.9 Å². The van der Waals surface area contributed by atoms with Gasteiger partial charge in [-0.25, -0.2) is 9.18 Å². The second-order valence-electron chi connectivity index (χ2n) is 2.60. The number of hydrogen-bond acceptors (Lipinski definition) is 3. The molecule has 1 aromatic rings. The van der Waals surface area contributed by atoms with Gasteiger partial charge in [-0.3, -0.25) is 0 Å². The Bertz CT molecular complexity index is 342. The number of nitrogens with two attached hydrogens (primary N) is 1. The largest absolute Gasteiger partial charge is 0.412 e. The van der Waals surface area contributed by atoms with Gasteiger partial charge in [0, 0.05) is 12.6 Å². The maximum atomic E-state index is 12.7. The molecule has 0 fully saturated rings. The van der Waals surface area contributed by atoms with Gasteiger partial charge in [-0.05, 0) is 19.1 Å². The summed E-state index contributed by atoms with van der Waals surface area (Å²) in [6, 6.07) is 3.59. The molecule has 0 saturated carbocycles. The fourth-order valence-electron chi connectivity index (χ4n) is 0.877. The van der Waals surface area contributed by atoms with E-state index in [2.05, 4.69) is 5.32 Å². The van der Waals surface area contributed by atoms with E-state index in [9.17, 15) is 9.18 Å². The topological polar surface area (TPSA) is 64.3 Å². The summed E-state index contributed by atoms with van der Waals surface area (Å²) in [5, 5.41) is 2.40. The Labute approximate surface area is 80.9 Å². The Kier molecular flexibility index (Phi) is 3.28. The third-order valence-corrected chi connectivity index (χ3v) is 1.50. The summed E-state index contributed by atoms with van der Waals surface area (Å²) in [5.74, 6) is -0.477. The number of amides is 1. The molecule has 0 radical (unpaired) electrons. The summed E-state index contributed by atoms with van der Waals surface area (Å²) < 4.78 is 17.5. The van der Waals surface area contributed by atoms with Crippen molar-refractivity contribution in [3.63, 3.8) is 0 Å². The van der Waals surface area contributed by atoms with Gasteiger partial charge in [0.1, 0.15) is 5.82 Å². The molecule has 0 heterocycles. The maximum absolute atomic E-state index is 12.7. The molecular formula is C9H11FN2O2. The highest BCUT2D eigenvalue weighted by Crippen LogP contribution is 2.21. The molecule has 4 nitrogen and oxygen atoms in total. The van der Waals surface area contributed by atoms with Crippen LogP contribution in [-0.4, -0.2) is 12.6 Å². The lowest BCUT2D eigenvalue weighted by Gasteiger charge is -2.06. The van der Waals surface area contributed by atoms with Crippen LogP contribution in [0.4, 0.5) is 14.9 Å². The molecule has 0 bridgehead atoms. The molecule has 5 heteroatoms. The molecule has 76 valence electrons. The zero-order valence-electron chi connectivity index (χ0n) is 7.71. The third kappa shape index (κ3) is 2.62. The van der Waals surface area contributed by atoms with Gasteiger partial charge in [-0.1, -0.05) is 0 Å². The number of nitrogen functional groups attached to an aromatic ring is 1. The lowest BCUT2D eigenvalue weighted by Crippen LogP contribution is -2.26. The Hall–Kier alpha value is -1.78. The molecule has 0 aliphatic rings. The average Bonchev–Trinajstić information content (AvgIpc) is 2.12. The van der Waals surface area contributed by atoms with Crippen LogP contribution in [0.2, 0.25) is 0 Å². The lowest BCUT2D eigenvalue weighted by atomic mass is 10.3. The van der Waals surface area contributed by atoms with E-state index in [4.69, 9.17) is 10.5 Å². The van der Waals surface area contributed by atoms with E-state index in [0.29, 0.717) is 6.54 Å². The molecule has 1 aromatic carbocycles. The summed E-state index contributed by atoms with van der Waals surface area (Å²) in [6.45, 7) is 2.18. The predicted molar refractivity (Wildman–Crippen MR) is 50.5 cm³/mol. The molecule has 1 rings (SSSR count). The van der Waals surface area contributed by atoms with Gasteiger partial charge in [-0.15, -0.1) is 0 Å². The van der Waals surface area contributed by atoms with E-state index in [1.165, 1.54) is 12.1 Å². The number of benzene rings is 1. The number of rotatable bonds is 2. The fraction of sp³-hybridized carbons (Fsp3) is 0.222. The van der Waals surface area contributed by atoms with Gasteiger partial charge in [0.15, 0.2) is 5.75 Å². The van der Waals surface area contributed by atoms with Crippen LogP contribution >= 0.6 is 0 Å². The lowest BCUT2D eigenvalue weighted by molar-refractivity contribution is 0.201. The highest BCUT2D eigenvalue weighted by molar-refractivity contribution is 5.72. The number of ether oxygens (including phenoxy) is 1. The Morgan fingerprint density at radius 3 is 3.00 bits per heavy atom. The first-order valence-corrected chi connectivity index (χ1v) is 4.14. The van der Waals surface area contributed by atoms with Crippen LogP contribution < -0.4 is 15.8 Å². The summed E-state index contributed by atoms with van der Waals surface area (Å²) in [5.41, 5.74) is 5.68. The van der Waals surface area contributed by atoms with E-state index in [-0.39, 0.29) is 11.4 Å². The SMILES string of the molecule is CCNC(=O)Oc1cc(F)ccc1N. The summed E-state index contributed by atoms with van der Waals surface area (Å²) in [7, 11) is 0. The van der Waals surface area contributed by atoms with Crippen molar-refractivity contribution in [2.24, 2.45) is 0 Å². The molecular weight excluding hydrogens is 187 g/mol. The molecule has 1 amide bonds. The molecule has 0 spiro atoms. The molecule has 3 N–H and O–H groups in total. The first-order chi connectivity index (χ1) is 6.63. The zero-order valence-corrected chi connectivity index (χ0v) is 7.71. The van der Waals surface area contributed by atoms with Crippen LogP contribution in [0.3, 0.4) is 0 Å². The first kappa shape index (κ1) is 10.3. The maximum Gasteiger partial charge on any atom is 0.412 e. The van der Waals surface area contributed by atoms with Crippen molar-refractivity contribution in [2.45, 2.75) is 6.92 Å². The smallest absolute Gasteiger partial charge is 0.408 e. The Morgan fingerprint density at radius 2 is 2.36 bits per heavy atom. The second kappa shape index (κ2) is 4.45. The highest BCUT2D eigenvalue weighted by Gasteiger charge is 2.07. The highest BCUT2D eigenvalue weighted by atomic mass is 19.1. The normalized spacial score (nSPS) is 9.57. The van der Waals surface area contributed by atoms with E-state index in [0.717, 1.165) is 6.07 Å². The molecule has 0 aromatic heterocycles. The van der Waals surface area contributed by atoms with Crippen LogP contribution in [-0.2, 0) is 0 Å². The van der Waals surface area contributed by atoms with Gasteiger partial charge < -0.3 is 15.8 Å². The van der Waals surface area contributed by atoms with Gasteiger partial charge in [0.25, 0.3) is 0 Å². The standard InChI is InChI=1S/C9H11FN2O2/c1-2-12-9(13)14-8-5-6(10)3-4-7(8)11/h3-5H,2,11H2,1H3,(H,12,13). The van der Waals surface area contributed by atoms with Gasteiger partial charge in [0.2, 0.25) is 0 Å². The third-order valence-electron chi connectivity index (χ3n) is 1.50. The minimum absolute atomic E-state index is 0.0240. The van der Waals surface area contributed by atoms with Gasteiger partial charge >= 0.3 is 6.09 Å². The molecule has 0 atom stereocenters. The monoisotopic (exact) mass is 198 g/mol. The zero-order chi connectivity index (χ0) is 10.6. The van der Waals surface area contributed by atoms with Crippen LogP contribution in [0.25, 0.3) is 0 Å². The molecule has 0 aliphatic carbocycles. The number of halogens is 1. The van der Waals surface area contributed by atoms with Crippen LogP contribution in [0.15, 0.2) is 18.2 Å². The van der Waals surface area contributed by atoms with Crippen LogP contribution in [0.1, 0.15) is 6.92 Å². The number of anilines is 1. The summed E-state index contributed by atoms with van der Waals surface area (Å²) in [6.07, 6.45) is -0.648. The summed E-state index contributed by atoms with van der Waals surface area (Å²) in [4.78, 5) is 11.0. The van der Waals surface area contributed by atoms with Crippen LogP contribution in [0, 0.1) is 5.82 Å². The Morgan fingerprint density at radius 1 is 1.64 bits per heavy atom. The van der Waals surface area contributed by atoms with E-state index >= 15 is 0 Å². The van der Waals surface area contributed by atoms with Crippen molar-refractivity contribution in [1.29, 1.82) is 0 Å². The van der Waals surface area contributed by atoms with Crippen molar-refractivity contribution >= 4 is 11.8 Å². The molecule has 14 heavy (non-hydrogen) atoms. The Balaban J connectivity index is 2.75. The summed E-state index contributed by atoms with van der Waals surface area (Å²) >= 11 is 0. The van der Waals surface area contributed by atoms with Crippen LogP contribution in [0.5, 0.6) is 5.75 Å². The van der Waals surface area contributed by atoms with Crippen molar-refractivity contribution in [1.82, 2.24) is 5.32 Å². The van der Waals surface area contributed by atoms with Gasteiger partial charge in [-0.2, -0.15) is 0 Å². The van der Waals surface area contributed by atoms with Crippen molar-refractivity contribution in [3.8, 4) is 5.75 Å². The number of hydrogen-bond donors (Lipinski definition) is 2. The minimum Gasteiger partial charge on any atom is -0.408 e. The predicted octanol–water partition coefficient (Wildman–Crippen LogP) is 1.52. The van der Waals surface area contributed by atoms with E-state index in [1.54, 1.807) is 6.92 Å². The minimum atomic E-state index is -0.648. The van der Waals surface area contributed by atoms with Crippen molar-refractivity contribution in [3.05, 3.63) is 24.0 Å².